The molecule has 0 aromatic rings. The highest BCUT2D eigenvalue weighted by Gasteiger charge is 2.38. The molecule has 8 nitrogen and oxygen atoms in total. The predicted molar refractivity (Wildman–Crippen MR) is 58.6 cm³/mol. The number of hydrogen-bond donors (Lipinski definition) is 2. The molecule has 2 atom stereocenters. The summed E-state index contributed by atoms with van der Waals surface area (Å²) in [6.07, 6.45) is 0. The van der Waals surface area contributed by atoms with Crippen LogP contribution in [0.1, 0.15) is 13.8 Å². The molecule has 2 unspecified atom stereocenters. The summed E-state index contributed by atoms with van der Waals surface area (Å²) in [6, 6.07) is -1.05. The lowest BCUT2D eigenvalue weighted by molar-refractivity contribution is 0.164. The lowest BCUT2D eigenvalue weighted by Crippen LogP contribution is -2.61. The molecule has 16 heavy (non-hydrogen) atoms. The molecule has 1 aliphatic heterocycles. The van der Waals surface area contributed by atoms with E-state index in [4.69, 9.17) is 10.3 Å². The molecule has 0 saturated carbocycles. The molecule has 0 radical (unpaired) electrons. The molecule has 10 heteroatoms. The van der Waals surface area contributed by atoms with Gasteiger partial charge in [0, 0.05) is 25.2 Å². The Kier molecular flexibility index (Phi) is 3.62. The average molecular weight is 272 g/mol. The fourth-order valence-electron chi connectivity index (χ4n) is 1.77. The van der Waals surface area contributed by atoms with Crippen molar-refractivity contribution in [3.63, 3.8) is 0 Å². The van der Waals surface area contributed by atoms with E-state index in [1.165, 1.54) is 0 Å². The zero-order chi connectivity index (χ0) is 12.7. The highest BCUT2D eigenvalue weighted by atomic mass is 32.2. The van der Waals surface area contributed by atoms with Gasteiger partial charge in [0.1, 0.15) is 0 Å². The number of nitrogens with zero attached hydrogens (tertiary/aromatic N) is 2. The van der Waals surface area contributed by atoms with E-state index < -0.39 is 32.5 Å². The average Bonchev–Trinajstić information content (AvgIpc) is 2.04. The first-order chi connectivity index (χ1) is 7.03. The summed E-state index contributed by atoms with van der Waals surface area (Å²) in [6.45, 7) is 3.18. The lowest BCUT2D eigenvalue weighted by Gasteiger charge is -2.40. The Hall–Kier alpha value is -0.260. The monoisotopic (exact) mass is 272 g/mol. The van der Waals surface area contributed by atoms with Crippen LogP contribution in [0.15, 0.2) is 0 Å². The molecule has 0 amide bonds. The van der Waals surface area contributed by atoms with Crippen molar-refractivity contribution in [3.8, 4) is 0 Å². The van der Waals surface area contributed by atoms with Crippen molar-refractivity contribution in [2.45, 2.75) is 25.9 Å². The zero-order valence-electron chi connectivity index (χ0n) is 9.07. The van der Waals surface area contributed by atoms with Gasteiger partial charge in [-0.25, -0.2) is 10.3 Å². The normalized spacial score (nSPS) is 30.5. The van der Waals surface area contributed by atoms with Crippen LogP contribution in [0.2, 0.25) is 0 Å². The molecule has 0 aromatic heterocycles. The second kappa shape index (κ2) is 4.20. The molecule has 4 N–H and O–H groups in total. The van der Waals surface area contributed by atoms with Gasteiger partial charge in [-0.1, -0.05) is 0 Å². The Morgan fingerprint density at radius 2 is 1.12 bits per heavy atom. The molecule has 0 bridgehead atoms. The lowest BCUT2D eigenvalue weighted by atomic mass is 10.2. The highest BCUT2D eigenvalue weighted by molar-refractivity contribution is 7.87. The Labute approximate surface area is 95.5 Å². The van der Waals surface area contributed by atoms with E-state index in [0.717, 1.165) is 8.61 Å². The van der Waals surface area contributed by atoms with Gasteiger partial charge in [-0.15, -0.1) is 0 Å². The molecule has 96 valence electrons. The van der Waals surface area contributed by atoms with Gasteiger partial charge in [-0.2, -0.15) is 25.4 Å². The molecule has 1 aliphatic rings. The van der Waals surface area contributed by atoms with Crippen molar-refractivity contribution in [3.05, 3.63) is 0 Å². The Balaban J connectivity index is 2.96. The smallest absolute Gasteiger partial charge is 0.216 e. The predicted octanol–water partition coefficient (Wildman–Crippen LogP) is -2.21. The second-order valence-corrected chi connectivity index (χ2v) is 6.93. The fourth-order valence-corrected chi connectivity index (χ4v) is 3.76. The van der Waals surface area contributed by atoms with Gasteiger partial charge in [0.15, 0.2) is 0 Å². The van der Waals surface area contributed by atoms with Crippen LogP contribution in [-0.2, 0) is 20.4 Å². The SMILES string of the molecule is CC1CN(S(N)(=O)=O)C(C)CN1S(N)(=O)=O. The first-order valence-corrected chi connectivity index (χ1v) is 7.63. The van der Waals surface area contributed by atoms with Gasteiger partial charge in [-0.05, 0) is 13.8 Å². The maximum Gasteiger partial charge on any atom is 0.277 e. The summed E-state index contributed by atoms with van der Waals surface area (Å²) in [4.78, 5) is 0. The third-order valence-corrected chi connectivity index (χ3v) is 4.85. The van der Waals surface area contributed by atoms with Crippen molar-refractivity contribution in [2.75, 3.05) is 13.1 Å². The summed E-state index contributed by atoms with van der Waals surface area (Å²) in [7, 11) is -7.61. The van der Waals surface area contributed by atoms with Crippen molar-refractivity contribution in [2.24, 2.45) is 10.3 Å². The summed E-state index contributed by atoms with van der Waals surface area (Å²) >= 11 is 0. The third-order valence-electron chi connectivity index (χ3n) is 2.53. The van der Waals surface area contributed by atoms with Crippen LogP contribution in [0.5, 0.6) is 0 Å². The van der Waals surface area contributed by atoms with E-state index in [0.29, 0.717) is 0 Å². The maximum atomic E-state index is 11.2. The Morgan fingerprint density at radius 1 is 0.875 bits per heavy atom. The molecule has 1 heterocycles. The largest absolute Gasteiger partial charge is 0.277 e. The number of rotatable bonds is 2. The van der Waals surface area contributed by atoms with Crippen LogP contribution in [0.3, 0.4) is 0 Å². The van der Waals surface area contributed by atoms with Gasteiger partial charge < -0.3 is 0 Å². The fraction of sp³-hybridized carbons (Fsp3) is 1.00. The number of nitrogens with two attached hydrogens (primary N) is 2. The van der Waals surface area contributed by atoms with E-state index in [1.807, 2.05) is 0 Å². The van der Waals surface area contributed by atoms with Crippen LogP contribution in [0.4, 0.5) is 0 Å². The van der Waals surface area contributed by atoms with Crippen LogP contribution >= 0.6 is 0 Å². The van der Waals surface area contributed by atoms with E-state index in [-0.39, 0.29) is 13.1 Å². The van der Waals surface area contributed by atoms with Crippen molar-refractivity contribution in [1.82, 2.24) is 8.61 Å². The number of hydrogen-bond acceptors (Lipinski definition) is 4. The zero-order valence-corrected chi connectivity index (χ0v) is 10.7. The molecule has 0 aliphatic carbocycles. The van der Waals surface area contributed by atoms with Crippen LogP contribution in [0, 0.1) is 0 Å². The standard InChI is InChI=1S/C6H16N4O4S2/c1-5-3-10(16(8,13)14)6(2)4-9(5)15(7,11)12/h5-6H,3-4H2,1-2H3,(H2,7,11,12)(H2,8,13,14). The summed E-state index contributed by atoms with van der Waals surface area (Å²) in [5.41, 5.74) is 0. The van der Waals surface area contributed by atoms with Gasteiger partial charge >= 0.3 is 0 Å². The minimum absolute atomic E-state index is 0.0103. The first-order valence-electron chi connectivity index (χ1n) is 4.62. The summed E-state index contributed by atoms with van der Waals surface area (Å²) < 4.78 is 47.0. The molecule has 1 fully saturated rings. The Morgan fingerprint density at radius 3 is 1.31 bits per heavy atom. The molecule has 0 spiro atoms. The number of piperazine rings is 1. The van der Waals surface area contributed by atoms with Crippen LogP contribution in [0.25, 0.3) is 0 Å². The minimum atomic E-state index is -3.81. The van der Waals surface area contributed by atoms with E-state index in [1.54, 1.807) is 13.8 Å². The minimum Gasteiger partial charge on any atom is -0.216 e. The van der Waals surface area contributed by atoms with Gasteiger partial charge in [0.25, 0.3) is 20.4 Å². The quantitative estimate of drug-likeness (QED) is 0.590. The van der Waals surface area contributed by atoms with E-state index >= 15 is 0 Å². The maximum absolute atomic E-state index is 11.2. The molecule has 1 saturated heterocycles. The van der Waals surface area contributed by atoms with Crippen LogP contribution < -0.4 is 10.3 Å². The molecular weight excluding hydrogens is 256 g/mol. The van der Waals surface area contributed by atoms with Crippen molar-refractivity contribution >= 4 is 20.4 Å². The van der Waals surface area contributed by atoms with Gasteiger partial charge in [-0.3, -0.25) is 0 Å². The van der Waals surface area contributed by atoms with E-state index in [9.17, 15) is 16.8 Å². The second-order valence-electron chi connectivity index (χ2n) is 3.93. The van der Waals surface area contributed by atoms with Crippen molar-refractivity contribution < 1.29 is 16.8 Å². The van der Waals surface area contributed by atoms with Crippen molar-refractivity contribution in [1.29, 1.82) is 0 Å². The summed E-state index contributed by atoms with van der Waals surface area (Å²) in [5, 5.41) is 10.0. The highest BCUT2D eigenvalue weighted by Crippen LogP contribution is 2.18. The molecule has 0 aromatic carbocycles. The molecular formula is C6H16N4O4S2. The Bertz CT molecular complexity index is 415. The first kappa shape index (κ1) is 13.8. The topological polar surface area (TPSA) is 127 Å². The van der Waals surface area contributed by atoms with Crippen LogP contribution in [-0.4, -0.2) is 50.6 Å². The summed E-state index contributed by atoms with van der Waals surface area (Å²) in [5.74, 6) is 0. The third kappa shape index (κ3) is 2.90. The van der Waals surface area contributed by atoms with Gasteiger partial charge in [0.2, 0.25) is 0 Å². The molecule has 1 rings (SSSR count). The van der Waals surface area contributed by atoms with E-state index in [2.05, 4.69) is 0 Å². The van der Waals surface area contributed by atoms with Gasteiger partial charge in [0.05, 0.1) is 0 Å².